The molecule has 0 aliphatic carbocycles. The van der Waals surface area contributed by atoms with Gasteiger partial charge in [0.15, 0.2) is 0 Å². The number of nitrogens with zero attached hydrogens (tertiary/aromatic N) is 1. The summed E-state index contributed by atoms with van der Waals surface area (Å²) in [7, 11) is 0. The van der Waals surface area contributed by atoms with Crippen LogP contribution in [0.3, 0.4) is 0 Å². The van der Waals surface area contributed by atoms with Gasteiger partial charge in [-0.15, -0.1) is 0 Å². The van der Waals surface area contributed by atoms with Crippen LogP contribution in [0, 0.1) is 5.41 Å². The second-order valence-electron chi connectivity index (χ2n) is 5.42. The Hall–Kier alpha value is -0.890. The number of pyridine rings is 1. The van der Waals surface area contributed by atoms with Gasteiger partial charge in [0.1, 0.15) is 0 Å². The van der Waals surface area contributed by atoms with Crippen LogP contribution >= 0.6 is 0 Å². The van der Waals surface area contributed by atoms with Gasteiger partial charge < -0.3 is 5.73 Å². The van der Waals surface area contributed by atoms with Gasteiger partial charge in [0.25, 0.3) is 0 Å². The van der Waals surface area contributed by atoms with Crippen LogP contribution in [0.1, 0.15) is 39.2 Å². The Morgan fingerprint density at radius 3 is 2.40 bits per heavy atom. The SMILES string of the molecule is CC(C)(C)CCC(N)Cc1ccncc1. The van der Waals surface area contributed by atoms with Crippen molar-refractivity contribution in [2.75, 3.05) is 0 Å². The lowest BCUT2D eigenvalue weighted by atomic mass is 9.88. The van der Waals surface area contributed by atoms with Crippen molar-refractivity contribution in [2.24, 2.45) is 11.1 Å². The van der Waals surface area contributed by atoms with Crippen LogP contribution in [-0.4, -0.2) is 11.0 Å². The molecule has 0 aromatic carbocycles. The van der Waals surface area contributed by atoms with Gasteiger partial charge in [0, 0.05) is 18.4 Å². The molecular formula is C13H22N2. The Labute approximate surface area is 92.9 Å². The minimum absolute atomic E-state index is 0.270. The van der Waals surface area contributed by atoms with Crippen LogP contribution in [0.15, 0.2) is 24.5 Å². The van der Waals surface area contributed by atoms with Gasteiger partial charge in [-0.25, -0.2) is 0 Å². The van der Waals surface area contributed by atoms with Crippen molar-refractivity contribution < 1.29 is 0 Å². The summed E-state index contributed by atoms with van der Waals surface area (Å²) in [6.07, 6.45) is 6.88. The summed E-state index contributed by atoms with van der Waals surface area (Å²) in [6.45, 7) is 6.77. The van der Waals surface area contributed by atoms with Crippen molar-refractivity contribution in [3.05, 3.63) is 30.1 Å². The molecule has 1 aromatic rings. The molecule has 1 unspecified atom stereocenters. The fourth-order valence-corrected chi connectivity index (χ4v) is 1.54. The normalized spacial score (nSPS) is 13.9. The Bertz CT molecular complexity index is 274. The van der Waals surface area contributed by atoms with Crippen LogP contribution in [0.4, 0.5) is 0 Å². The molecule has 2 N–H and O–H groups in total. The molecule has 0 spiro atoms. The average molecular weight is 206 g/mol. The molecular weight excluding hydrogens is 184 g/mol. The van der Waals surface area contributed by atoms with E-state index < -0.39 is 0 Å². The topological polar surface area (TPSA) is 38.9 Å². The first-order valence-electron chi connectivity index (χ1n) is 5.62. The van der Waals surface area contributed by atoms with Gasteiger partial charge in [-0.1, -0.05) is 20.8 Å². The van der Waals surface area contributed by atoms with E-state index in [9.17, 15) is 0 Å². The predicted molar refractivity (Wildman–Crippen MR) is 64.6 cm³/mol. The number of rotatable bonds is 4. The standard InChI is InChI=1S/C13H22N2/c1-13(2,3)7-4-12(14)10-11-5-8-15-9-6-11/h5-6,8-9,12H,4,7,10,14H2,1-3H3. The molecule has 1 atom stereocenters. The molecule has 1 rings (SSSR count). The summed E-state index contributed by atoms with van der Waals surface area (Å²) in [5.74, 6) is 0. The molecule has 15 heavy (non-hydrogen) atoms. The molecule has 0 amide bonds. The largest absolute Gasteiger partial charge is 0.327 e. The predicted octanol–water partition coefficient (Wildman–Crippen LogP) is 2.78. The van der Waals surface area contributed by atoms with E-state index in [4.69, 9.17) is 5.73 Å². The number of aromatic nitrogens is 1. The summed E-state index contributed by atoms with van der Waals surface area (Å²) in [6, 6.07) is 4.35. The third-order valence-electron chi connectivity index (χ3n) is 2.51. The maximum absolute atomic E-state index is 6.09. The molecule has 0 saturated heterocycles. The molecule has 0 radical (unpaired) electrons. The Morgan fingerprint density at radius 1 is 1.27 bits per heavy atom. The summed E-state index contributed by atoms with van der Waals surface area (Å²) < 4.78 is 0. The molecule has 2 heteroatoms. The van der Waals surface area contributed by atoms with Crippen LogP contribution in [0.25, 0.3) is 0 Å². The summed E-state index contributed by atoms with van der Waals surface area (Å²) >= 11 is 0. The Kier molecular flexibility index (Phi) is 4.28. The molecule has 0 aliphatic rings. The van der Waals surface area contributed by atoms with Crippen molar-refractivity contribution in [2.45, 2.75) is 46.1 Å². The second-order valence-corrected chi connectivity index (χ2v) is 5.42. The van der Waals surface area contributed by atoms with Crippen molar-refractivity contribution in [1.82, 2.24) is 4.98 Å². The van der Waals surface area contributed by atoms with Crippen molar-refractivity contribution in [3.63, 3.8) is 0 Å². The lowest BCUT2D eigenvalue weighted by molar-refractivity contribution is 0.347. The van der Waals surface area contributed by atoms with Gasteiger partial charge in [-0.3, -0.25) is 4.98 Å². The molecule has 0 aliphatic heterocycles. The molecule has 1 aromatic heterocycles. The van der Waals surface area contributed by atoms with E-state index in [2.05, 4.69) is 25.8 Å². The monoisotopic (exact) mass is 206 g/mol. The third-order valence-corrected chi connectivity index (χ3v) is 2.51. The van der Waals surface area contributed by atoms with Crippen molar-refractivity contribution in [3.8, 4) is 0 Å². The van der Waals surface area contributed by atoms with Gasteiger partial charge >= 0.3 is 0 Å². The number of hydrogen-bond donors (Lipinski definition) is 1. The minimum atomic E-state index is 0.270. The average Bonchev–Trinajstić information content (AvgIpc) is 2.15. The van der Waals surface area contributed by atoms with Crippen molar-refractivity contribution >= 4 is 0 Å². The van der Waals surface area contributed by atoms with Crippen molar-refractivity contribution in [1.29, 1.82) is 0 Å². The Balaban J connectivity index is 2.34. The summed E-state index contributed by atoms with van der Waals surface area (Å²) in [4.78, 5) is 4.00. The third kappa shape index (κ3) is 5.53. The van der Waals surface area contributed by atoms with E-state index >= 15 is 0 Å². The van der Waals surface area contributed by atoms with E-state index in [0.29, 0.717) is 5.41 Å². The van der Waals surface area contributed by atoms with Crippen LogP contribution < -0.4 is 5.73 Å². The van der Waals surface area contributed by atoms with E-state index in [1.165, 1.54) is 12.0 Å². The van der Waals surface area contributed by atoms with Crippen LogP contribution in [0.5, 0.6) is 0 Å². The molecule has 0 fully saturated rings. The highest BCUT2D eigenvalue weighted by molar-refractivity contribution is 5.11. The maximum Gasteiger partial charge on any atom is 0.0270 e. The van der Waals surface area contributed by atoms with Gasteiger partial charge in [-0.05, 0) is 42.4 Å². The van der Waals surface area contributed by atoms with E-state index in [-0.39, 0.29) is 6.04 Å². The zero-order valence-corrected chi connectivity index (χ0v) is 10.0. The molecule has 84 valence electrons. The highest BCUT2D eigenvalue weighted by Gasteiger charge is 2.12. The van der Waals surface area contributed by atoms with E-state index in [0.717, 1.165) is 12.8 Å². The molecule has 0 bridgehead atoms. The first kappa shape index (κ1) is 12.2. The zero-order valence-electron chi connectivity index (χ0n) is 10.0. The lowest BCUT2D eigenvalue weighted by Gasteiger charge is -2.20. The zero-order chi connectivity index (χ0) is 11.3. The Morgan fingerprint density at radius 2 is 1.87 bits per heavy atom. The molecule has 2 nitrogen and oxygen atoms in total. The summed E-state index contributed by atoms with van der Waals surface area (Å²) in [5.41, 5.74) is 7.76. The smallest absolute Gasteiger partial charge is 0.0270 e. The van der Waals surface area contributed by atoms with Crippen LogP contribution in [0.2, 0.25) is 0 Å². The number of hydrogen-bond acceptors (Lipinski definition) is 2. The second kappa shape index (κ2) is 5.26. The highest BCUT2D eigenvalue weighted by Crippen LogP contribution is 2.21. The van der Waals surface area contributed by atoms with Gasteiger partial charge in [0.2, 0.25) is 0 Å². The molecule has 0 saturated carbocycles. The minimum Gasteiger partial charge on any atom is -0.327 e. The lowest BCUT2D eigenvalue weighted by Crippen LogP contribution is -2.24. The van der Waals surface area contributed by atoms with Gasteiger partial charge in [-0.2, -0.15) is 0 Å². The van der Waals surface area contributed by atoms with E-state index in [1.807, 2.05) is 24.5 Å². The fraction of sp³-hybridized carbons (Fsp3) is 0.615. The van der Waals surface area contributed by atoms with Gasteiger partial charge in [0.05, 0.1) is 0 Å². The summed E-state index contributed by atoms with van der Waals surface area (Å²) in [5, 5.41) is 0. The quantitative estimate of drug-likeness (QED) is 0.822. The number of nitrogens with two attached hydrogens (primary N) is 1. The molecule has 1 heterocycles. The highest BCUT2D eigenvalue weighted by atomic mass is 14.6. The van der Waals surface area contributed by atoms with Crippen LogP contribution in [-0.2, 0) is 6.42 Å². The maximum atomic E-state index is 6.09. The van der Waals surface area contributed by atoms with E-state index in [1.54, 1.807) is 0 Å². The fourth-order valence-electron chi connectivity index (χ4n) is 1.54. The first-order valence-corrected chi connectivity index (χ1v) is 5.62. The first-order chi connectivity index (χ1) is 6.97.